The van der Waals surface area contributed by atoms with Crippen LogP contribution in [0.5, 0.6) is 0 Å². The van der Waals surface area contributed by atoms with E-state index in [2.05, 4.69) is 19.4 Å². The van der Waals surface area contributed by atoms with Crippen LogP contribution in [0.3, 0.4) is 0 Å². The summed E-state index contributed by atoms with van der Waals surface area (Å²) < 4.78 is 3.71. The highest BCUT2D eigenvalue weighted by molar-refractivity contribution is 7.09. The molecule has 0 saturated heterocycles. The van der Waals surface area contributed by atoms with E-state index in [1.807, 2.05) is 0 Å². The van der Waals surface area contributed by atoms with Crippen molar-refractivity contribution in [3.05, 3.63) is 5.82 Å². The van der Waals surface area contributed by atoms with Crippen LogP contribution >= 0.6 is 11.5 Å². The van der Waals surface area contributed by atoms with Crippen molar-refractivity contribution < 1.29 is 9.63 Å². The first kappa shape index (κ1) is 9.39. The van der Waals surface area contributed by atoms with Crippen molar-refractivity contribution in [3.63, 3.8) is 0 Å². The molecule has 0 bridgehead atoms. The van der Waals surface area contributed by atoms with E-state index in [-0.39, 0.29) is 16.7 Å². The second-order valence-electron chi connectivity index (χ2n) is 1.91. The quantitative estimate of drug-likeness (QED) is 0.510. The molecule has 0 aliphatic rings. The van der Waals surface area contributed by atoms with E-state index in [4.69, 9.17) is 11.5 Å². The standard InChI is InChI=1S/C5H6N5O2S/c1-12-9-2(3(6)11)4-8-5(7)13-10-4/h6H,1H3,(H2,7,8,10)/b9-2+. The highest BCUT2D eigenvalue weighted by atomic mass is 32.1. The lowest BCUT2D eigenvalue weighted by molar-refractivity contribution is -0.112. The van der Waals surface area contributed by atoms with E-state index in [1.165, 1.54) is 7.11 Å². The van der Waals surface area contributed by atoms with Crippen molar-refractivity contribution >= 4 is 28.3 Å². The summed E-state index contributed by atoms with van der Waals surface area (Å²) in [5.74, 6) is -0.996. The Morgan fingerprint density at radius 3 is 2.85 bits per heavy atom. The topological polar surface area (TPSA) is 114 Å². The lowest BCUT2D eigenvalue weighted by Crippen LogP contribution is -2.18. The molecule has 0 atom stereocenters. The molecule has 8 heteroatoms. The van der Waals surface area contributed by atoms with Crippen molar-refractivity contribution in [1.82, 2.24) is 15.1 Å². The maximum Gasteiger partial charge on any atom is 0.295 e. The van der Waals surface area contributed by atoms with Gasteiger partial charge in [0, 0.05) is 11.5 Å². The molecule has 1 heterocycles. The first-order valence-corrected chi connectivity index (χ1v) is 3.89. The maximum atomic E-state index is 10.7. The minimum atomic E-state index is -1.01. The Labute approximate surface area is 77.6 Å². The number of carbonyl (C=O) groups is 1. The summed E-state index contributed by atoms with van der Waals surface area (Å²) in [4.78, 5) is 18.7. The number of carbonyl (C=O) groups excluding carboxylic acids is 1. The van der Waals surface area contributed by atoms with Gasteiger partial charge in [0.1, 0.15) is 7.11 Å². The van der Waals surface area contributed by atoms with Gasteiger partial charge in [-0.25, -0.2) is 0 Å². The van der Waals surface area contributed by atoms with Gasteiger partial charge in [-0.2, -0.15) is 9.36 Å². The molecule has 7 nitrogen and oxygen atoms in total. The molecule has 0 saturated carbocycles. The molecule has 1 amide bonds. The summed E-state index contributed by atoms with van der Waals surface area (Å²) in [5.41, 5.74) is 11.9. The summed E-state index contributed by atoms with van der Waals surface area (Å²) in [6.45, 7) is 0. The van der Waals surface area contributed by atoms with E-state index < -0.39 is 5.91 Å². The summed E-state index contributed by atoms with van der Waals surface area (Å²) >= 11 is 0.921. The molecule has 1 radical (unpaired) electrons. The molecule has 13 heavy (non-hydrogen) atoms. The van der Waals surface area contributed by atoms with Crippen molar-refractivity contribution in [3.8, 4) is 0 Å². The van der Waals surface area contributed by atoms with E-state index >= 15 is 0 Å². The van der Waals surface area contributed by atoms with Crippen molar-refractivity contribution in [2.75, 3.05) is 12.8 Å². The third-order valence-electron chi connectivity index (χ3n) is 1.05. The van der Waals surface area contributed by atoms with E-state index in [0.717, 1.165) is 11.5 Å². The van der Waals surface area contributed by atoms with Crippen LogP contribution in [0.25, 0.3) is 0 Å². The smallest absolute Gasteiger partial charge is 0.295 e. The fraction of sp³-hybridized carbons (Fsp3) is 0.200. The number of amides is 1. The van der Waals surface area contributed by atoms with Crippen molar-refractivity contribution in [2.24, 2.45) is 5.16 Å². The minimum absolute atomic E-state index is 0.0179. The predicted octanol–water partition coefficient (Wildman–Crippen LogP) is -0.720. The zero-order valence-corrected chi connectivity index (χ0v) is 7.46. The fourth-order valence-electron chi connectivity index (χ4n) is 0.606. The van der Waals surface area contributed by atoms with E-state index in [9.17, 15) is 4.79 Å². The van der Waals surface area contributed by atoms with Crippen LogP contribution in [0.2, 0.25) is 0 Å². The molecule has 1 aromatic heterocycles. The SMILES string of the molecule is CO/N=C(\C([NH])=O)c1nsc(N)n1. The molecule has 0 aliphatic carbocycles. The molecule has 0 aromatic carbocycles. The van der Waals surface area contributed by atoms with Gasteiger partial charge in [-0.3, -0.25) is 10.5 Å². The summed E-state index contributed by atoms with van der Waals surface area (Å²) in [5, 5.41) is 3.52. The average molecular weight is 200 g/mol. The normalized spacial score (nSPS) is 11.3. The Morgan fingerprint density at radius 1 is 1.77 bits per heavy atom. The summed E-state index contributed by atoms with van der Waals surface area (Å²) in [6.07, 6.45) is 0. The zero-order valence-electron chi connectivity index (χ0n) is 6.64. The van der Waals surface area contributed by atoms with Crippen LogP contribution < -0.4 is 11.5 Å². The highest BCUT2D eigenvalue weighted by Gasteiger charge is 2.17. The highest BCUT2D eigenvalue weighted by Crippen LogP contribution is 2.06. The van der Waals surface area contributed by atoms with Crippen molar-refractivity contribution in [1.29, 1.82) is 0 Å². The van der Waals surface area contributed by atoms with Crippen LogP contribution in [-0.2, 0) is 9.63 Å². The third-order valence-corrected chi connectivity index (χ3v) is 1.59. The number of hydrogen-bond acceptors (Lipinski definition) is 7. The number of aromatic nitrogens is 2. The Morgan fingerprint density at radius 2 is 2.46 bits per heavy atom. The molecule has 69 valence electrons. The maximum absolute atomic E-state index is 10.7. The first-order chi connectivity index (χ1) is 6.15. The first-order valence-electron chi connectivity index (χ1n) is 3.11. The van der Waals surface area contributed by atoms with Crippen molar-refractivity contribution in [2.45, 2.75) is 0 Å². The zero-order chi connectivity index (χ0) is 9.84. The number of nitrogen functional groups attached to an aromatic ring is 1. The molecule has 1 rings (SSSR count). The minimum Gasteiger partial charge on any atom is -0.398 e. The lowest BCUT2D eigenvalue weighted by atomic mass is 10.3. The Kier molecular flexibility index (Phi) is 2.75. The van der Waals surface area contributed by atoms with Crippen LogP contribution in [0, 0.1) is 0 Å². The molecular weight excluding hydrogens is 194 g/mol. The lowest BCUT2D eigenvalue weighted by Gasteiger charge is -1.93. The van der Waals surface area contributed by atoms with Gasteiger partial charge in [0.05, 0.1) is 0 Å². The fourth-order valence-corrected chi connectivity index (χ4v) is 1.04. The van der Waals surface area contributed by atoms with Gasteiger partial charge in [0.2, 0.25) is 11.5 Å². The van der Waals surface area contributed by atoms with Gasteiger partial charge >= 0.3 is 0 Å². The van der Waals surface area contributed by atoms with Gasteiger partial charge in [-0.05, 0) is 0 Å². The van der Waals surface area contributed by atoms with Crippen LogP contribution in [-0.4, -0.2) is 28.1 Å². The molecular formula is C5H6N5O2S. The number of oxime groups is 1. The van der Waals surface area contributed by atoms with Gasteiger partial charge in [0.25, 0.3) is 5.91 Å². The van der Waals surface area contributed by atoms with Gasteiger partial charge < -0.3 is 10.6 Å². The largest absolute Gasteiger partial charge is 0.398 e. The summed E-state index contributed by atoms with van der Waals surface area (Å²) in [6, 6.07) is 0. The van der Waals surface area contributed by atoms with Gasteiger partial charge in [0.15, 0.2) is 5.13 Å². The number of nitrogens with one attached hydrogen (secondary N) is 1. The Hall–Kier alpha value is -1.70. The van der Waals surface area contributed by atoms with Crippen LogP contribution in [0.1, 0.15) is 5.82 Å². The monoisotopic (exact) mass is 200 g/mol. The van der Waals surface area contributed by atoms with Crippen LogP contribution in [0.15, 0.2) is 5.16 Å². The molecule has 0 spiro atoms. The van der Waals surface area contributed by atoms with E-state index in [0.29, 0.717) is 0 Å². The molecule has 3 N–H and O–H groups in total. The number of anilines is 1. The number of rotatable bonds is 3. The van der Waals surface area contributed by atoms with Gasteiger partial charge in [-0.15, -0.1) is 0 Å². The molecule has 1 aromatic rings. The van der Waals surface area contributed by atoms with Gasteiger partial charge in [-0.1, -0.05) is 5.16 Å². The molecule has 0 fully saturated rings. The predicted molar refractivity (Wildman–Crippen MR) is 46.0 cm³/mol. The number of hydrogen-bond donors (Lipinski definition) is 1. The van der Waals surface area contributed by atoms with E-state index in [1.54, 1.807) is 0 Å². The number of nitrogens with two attached hydrogens (primary N) is 1. The summed E-state index contributed by atoms with van der Waals surface area (Å²) in [7, 11) is 1.26. The molecule has 0 aliphatic heterocycles. The Balaban J connectivity index is 3.02. The molecule has 0 unspecified atom stereocenters. The van der Waals surface area contributed by atoms with Crippen LogP contribution in [0.4, 0.5) is 5.13 Å². The second-order valence-corrected chi connectivity index (χ2v) is 2.69. The second kappa shape index (κ2) is 3.81. The third kappa shape index (κ3) is 2.12. The Bertz CT molecular complexity index is 346. The average Bonchev–Trinajstić information content (AvgIpc) is 2.46. The number of nitrogens with zero attached hydrogens (tertiary/aromatic N) is 3.